The minimum Gasteiger partial charge on any atom is -1.00 e. The summed E-state index contributed by atoms with van der Waals surface area (Å²) in [6.45, 7) is 6.86. The Labute approximate surface area is 81.7 Å². The molecule has 2 nitrogen and oxygen atoms in total. The van der Waals surface area contributed by atoms with Crippen LogP contribution in [0.2, 0.25) is 0 Å². The Kier molecular flexibility index (Phi) is 6.68. The minimum absolute atomic E-state index is 0. The molecule has 0 aromatic heterocycles. The van der Waals surface area contributed by atoms with Crippen LogP contribution in [0.3, 0.4) is 0 Å². The van der Waals surface area contributed by atoms with Gasteiger partial charge in [-0.05, 0) is 0 Å². The lowest BCUT2D eigenvalue weighted by atomic mass is 9.89. The van der Waals surface area contributed by atoms with Crippen LogP contribution < -0.4 is 17.3 Å². The van der Waals surface area contributed by atoms with Crippen LogP contribution in [-0.2, 0) is 4.79 Å². The van der Waals surface area contributed by atoms with E-state index in [9.17, 15) is 4.79 Å². The fourth-order valence-electron chi connectivity index (χ4n) is 0.739. The molecule has 0 aromatic carbocycles. The molecule has 0 aliphatic carbocycles. The molecule has 0 rings (SSSR count). The van der Waals surface area contributed by atoms with Crippen LogP contribution >= 0.6 is 0 Å². The SMILES string of the molecule is C[NH+](C)CCC(=O)C(C)(C)C.[Cl-]. The van der Waals surface area contributed by atoms with Crippen molar-refractivity contribution >= 4 is 5.78 Å². The highest BCUT2D eigenvalue weighted by Crippen LogP contribution is 2.15. The first-order valence-corrected chi connectivity index (χ1v) is 4.16. The maximum Gasteiger partial charge on any atom is 0.143 e. The van der Waals surface area contributed by atoms with Crippen molar-refractivity contribution in [2.24, 2.45) is 5.41 Å². The average molecular weight is 194 g/mol. The third-order valence-corrected chi connectivity index (χ3v) is 1.69. The van der Waals surface area contributed by atoms with Crippen LogP contribution in [0.5, 0.6) is 0 Å². The van der Waals surface area contributed by atoms with E-state index in [1.165, 1.54) is 4.90 Å². The summed E-state index contributed by atoms with van der Waals surface area (Å²) in [5.41, 5.74) is -0.157. The Hall–Kier alpha value is -0.0800. The molecule has 74 valence electrons. The molecule has 0 spiro atoms. The molecule has 3 heteroatoms. The second-order valence-electron chi connectivity index (χ2n) is 4.38. The Morgan fingerprint density at radius 1 is 1.25 bits per heavy atom. The molecule has 0 unspecified atom stereocenters. The van der Waals surface area contributed by atoms with E-state index in [0.717, 1.165) is 6.54 Å². The summed E-state index contributed by atoms with van der Waals surface area (Å²) in [7, 11) is 4.13. The summed E-state index contributed by atoms with van der Waals surface area (Å²) in [6.07, 6.45) is 0.700. The lowest BCUT2D eigenvalue weighted by molar-refractivity contribution is -0.857. The number of ketones is 1. The fraction of sp³-hybridized carbons (Fsp3) is 0.889. The zero-order chi connectivity index (χ0) is 9.07. The van der Waals surface area contributed by atoms with Gasteiger partial charge in [0.2, 0.25) is 0 Å². The molecule has 0 aromatic rings. The van der Waals surface area contributed by atoms with Gasteiger partial charge in [-0.25, -0.2) is 0 Å². The molecule has 0 atom stereocenters. The molecule has 0 saturated heterocycles. The van der Waals surface area contributed by atoms with E-state index in [2.05, 4.69) is 14.1 Å². The quantitative estimate of drug-likeness (QED) is 0.512. The number of nitrogens with one attached hydrogen (secondary N) is 1. The number of rotatable bonds is 3. The van der Waals surface area contributed by atoms with Crippen molar-refractivity contribution in [3.63, 3.8) is 0 Å². The van der Waals surface area contributed by atoms with E-state index in [0.29, 0.717) is 12.2 Å². The molecular weight excluding hydrogens is 174 g/mol. The van der Waals surface area contributed by atoms with Gasteiger partial charge in [0.1, 0.15) is 5.78 Å². The zero-order valence-electron chi connectivity index (χ0n) is 8.70. The molecule has 0 amide bonds. The van der Waals surface area contributed by atoms with E-state index in [4.69, 9.17) is 0 Å². The van der Waals surface area contributed by atoms with Gasteiger partial charge in [-0.2, -0.15) is 0 Å². The summed E-state index contributed by atoms with van der Waals surface area (Å²) >= 11 is 0. The van der Waals surface area contributed by atoms with Crippen molar-refractivity contribution in [1.82, 2.24) is 0 Å². The lowest BCUT2D eigenvalue weighted by Crippen LogP contribution is -3.05. The second kappa shape index (κ2) is 5.55. The standard InChI is InChI=1S/C9H19NO.ClH/c1-9(2,3)8(11)6-7-10(4)5;/h6-7H2,1-5H3;1H. The molecule has 0 saturated carbocycles. The van der Waals surface area contributed by atoms with Gasteiger partial charge in [0.25, 0.3) is 0 Å². The number of quaternary nitrogens is 1. The van der Waals surface area contributed by atoms with Crippen LogP contribution in [0.25, 0.3) is 0 Å². The second-order valence-corrected chi connectivity index (χ2v) is 4.38. The van der Waals surface area contributed by atoms with Crippen molar-refractivity contribution in [2.45, 2.75) is 27.2 Å². The summed E-state index contributed by atoms with van der Waals surface area (Å²) in [6, 6.07) is 0. The molecule has 0 heterocycles. The zero-order valence-corrected chi connectivity index (χ0v) is 9.46. The number of hydrogen-bond acceptors (Lipinski definition) is 1. The first-order chi connectivity index (χ1) is 4.84. The number of hydrogen-bond donors (Lipinski definition) is 1. The van der Waals surface area contributed by atoms with Crippen molar-refractivity contribution in [1.29, 1.82) is 0 Å². The number of carbonyl (C=O) groups excluding carboxylic acids is 1. The third kappa shape index (κ3) is 6.62. The highest BCUT2D eigenvalue weighted by atomic mass is 35.5. The molecule has 0 fully saturated rings. The van der Waals surface area contributed by atoms with Crippen LogP contribution in [0.15, 0.2) is 0 Å². The first kappa shape index (κ1) is 14.4. The van der Waals surface area contributed by atoms with E-state index in [1.807, 2.05) is 20.8 Å². The highest BCUT2D eigenvalue weighted by Gasteiger charge is 2.21. The van der Waals surface area contributed by atoms with Gasteiger partial charge in [0.15, 0.2) is 0 Å². The van der Waals surface area contributed by atoms with E-state index >= 15 is 0 Å². The maximum absolute atomic E-state index is 11.4. The van der Waals surface area contributed by atoms with Gasteiger partial charge in [0.05, 0.1) is 27.1 Å². The van der Waals surface area contributed by atoms with Gasteiger partial charge < -0.3 is 17.3 Å². The summed E-state index contributed by atoms with van der Waals surface area (Å²) in [4.78, 5) is 12.7. The van der Waals surface area contributed by atoms with Crippen LogP contribution in [-0.4, -0.2) is 26.4 Å². The summed E-state index contributed by atoms with van der Waals surface area (Å²) < 4.78 is 0. The molecule has 0 aliphatic rings. The predicted octanol–water partition coefficient (Wildman–Crippen LogP) is -2.86. The molecular formula is C9H20ClNO. The number of halogens is 1. The Bertz CT molecular complexity index is 138. The molecule has 12 heavy (non-hydrogen) atoms. The lowest BCUT2D eigenvalue weighted by Gasteiger charge is -2.16. The maximum atomic E-state index is 11.4. The predicted molar refractivity (Wildman–Crippen MR) is 46.8 cm³/mol. The van der Waals surface area contributed by atoms with Gasteiger partial charge in [-0.15, -0.1) is 0 Å². The summed E-state index contributed by atoms with van der Waals surface area (Å²) in [5.74, 6) is 0.360. The minimum atomic E-state index is -0.157. The van der Waals surface area contributed by atoms with Gasteiger partial charge in [-0.3, -0.25) is 4.79 Å². The van der Waals surface area contributed by atoms with Crippen molar-refractivity contribution in [3.8, 4) is 0 Å². The van der Waals surface area contributed by atoms with Gasteiger partial charge in [0, 0.05) is 5.41 Å². The van der Waals surface area contributed by atoms with E-state index < -0.39 is 0 Å². The molecule has 0 aliphatic heterocycles. The normalized spacial score (nSPS) is 11.2. The highest BCUT2D eigenvalue weighted by molar-refractivity contribution is 5.83. The monoisotopic (exact) mass is 193 g/mol. The van der Waals surface area contributed by atoms with Crippen LogP contribution in [0.4, 0.5) is 0 Å². The summed E-state index contributed by atoms with van der Waals surface area (Å²) in [5, 5.41) is 0. The van der Waals surface area contributed by atoms with Crippen molar-refractivity contribution in [2.75, 3.05) is 20.6 Å². The Balaban J connectivity index is 0. The largest absolute Gasteiger partial charge is 1.00 e. The van der Waals surface area contributed by atoms with E-state index in [1.54, 1.807) is 0 Å². The van der Waals surface area contributed by atoms with Crippen molar-refractivity contribution in [3.05, 3.63) is 0 Å². The third-order valence-electron chi connectivity index (χ3n) is 1.69. The number of Topliss-reactive ketones (excluding diaryl/α,β-unsaturated/α-hetero) is 1. The average Bonchev–Trinajstić information content (AvgIpc) is 1.80. The Morgan fingerprint density at radius 2 is 1.67 bits per heavy atom. The topological polar surface area (TPSA) is 21.5 Å². The molecule has 1 N–H and O–H groups in total. The molecule has 0 radical (unpaired) electrons. The molecule has 0 bridgehead atoms. The van der Waals surface area contributed by atoms with Crippen molar-refractivity contribution < 1.29 is 22.1 Å². The van der Waals surface area contributed by atoms with Crippen LogP contribution in [0.1, 0.15) is 27.2 Å². The van der Waals surface area contributed by atoms with Gasteiger partial charge in [-0.1, -0.05) is 20.8 Å². The number of carbonyl (C=O) groups is 1. The Morgan fingerprint density at radius 3 is 1.92 bits per heavy atom. The fourth-order valence-corrected chi connectivity index (χ4v) is 0.739. The smallest absolute Gasteiger partial charge is 0.143 e. The first-order valence-electron chi connectivity index (χ1n) is 4.16. The van der Waals surface area contributed by atoms with Crippen LogP contribution in [0, 0.1) is 5.41 Å². The van der Waals surface area contributed by atoms with E-state index in [-0.39, 0.29) is 17.8 Å². The van der Waals surface area contributed by atoms with Gasteiger partial charge >= 0.3 is 0 Å².